The van der Waals surface area contributed by atoms with Crippen LogP contribution in [0.5, 0.6) is 0 Å². The number of nitrogens with two attached hydrogens (primary N) is 1. The van der Waals surface area contributed by atoms with Crippen LogP contribution in [0.1, 0.15) is 12.7 Å². The number of hydrogen-bond acceptors (Lipinski definition) is 11. The standard InChI is InChI=1S/C19H18ClN7O5S2/c1-2-32-24-11(14-23-19(21)34-25-14)15(28)22-12-16(29)27-13(18(30)31)9(8-33-17(12)27)6-26-5-3-4-10(20)7-26/h3-5,7,12,17H,2,6,8H2,1H3,(H3-,21,22,23,25,28,30,31)/b24-11-/t12?,17-/m1/s1. The van der Waals surface area contributed by atoms with Crippen molar-refractivity contribution in [3.8, 4) is 0 Å². The quantitative estimate of drug-likeness (QED) is 0.189. The number of anilines is 1. The third kappa shape index (κ3) is 4.69. The fraction of sp³-hybridized carbons (Fsp3) is 0.316. The summed E-state index contributed by atoms with van der Waals surface area (Å²) in [6, 6.07) is 2.45. The number of oxime groups is 1. The van der Waals surface area contributed by atoms with Crippen LogP contribution in [0.4, 0.5) is 5.13 Å². The number of nitrogens with zero attached hydrogens (tertiary/aromatic N) is 5. The molecule has 2 atom stereocenters. The maximum Gasteiger partial charge on any atom is 0.278 e. The summed E-state index contributed by atoms with van der Waals surface area (Å²) in [6.07, 6.45) is 3.39. The van der Waals surface area contributed by atoms with E-state index in [1.54, 1.807) is 36.0 Å². The van der Waals surface area contributed by atoms with Gasteiger partial charge in [-0.05, 0) is 13.0 Å². The van der Waals surface area contributed by atoms with E-state index >= 15 is 0 Å². The first-order valence-electron chi connectivity index (χ1n) is 9.93. The summed E-state index contributed by atoms with van der Waals surface area (Å²) in [4.78, 5) is 47.8. The summed E-state index contributed by atoms with van der Waals surface area (Å²) in [5.41, 5.74) is 5.64. The van der Waals surface area contributed by atoms with E-state index < -0.39 is 29.2 Å². The predicted molar refractivity (Wildman–Crippen MR) is 121 cm³/mol. The van der Waals surface area contributed by atoms with E-state index in [0.717, 1.165) is 16.4 Å². The van der Waals surface area contributed by atoms with Crippen LogP contribution in [-0.2, 0) is 25.8 Å². The maximum absolute atomic E-state index is 12.9. The number of hydrogen-bond donors (Lipinski definition) is 2. The monoisotopic (exact) mass is 523 g/mol. The van der Waals surface area contributed by atoms with Gasteiger partial charge in [-0.25, -0.2) is 0 Å². The molecule has 0 aliphatic carbocycles. The zero-order chi connectivity index (χ0) is 24.4. The molecular formula is C19H18ClN7O5S2. The second kappa shape index (κ2) is 9.95. The highest BCUT2D eigenvalue weighted by Gasteiger charge is 2.53. The Morgan fingerprint density at radius 3 is 2.94 bits per heavy atom. The van der Waals surface area contributed by atoms with Crippen LogP contribution in [-0.4, -0.2) is 61.5 Å². The smallest absolute Gasteiger partial charge is 0.278 e. The first kappa shape index (κ1) is 23.9. The third-order valence-electron chi connectivity index (χ3n) is 4.88. The van der Waals surface area contributed by atoms with Gasteiger partial charge in [0.25, 0.3) is 11.8 Å². The topological polar surface area (TPSA) is 167 Å². The lowest BCUT2D eigenvalue weighted by molar-refractivity contribution is -0.689. The normalized spacial score (nSPS) is 20.0. The van der Waals surface area contributed by atoms with Crippen molar-refractivity contribution in [1.29, 1.82) is 0 Å². The van der Waals surface area contributed by atoms with Gasteiger partial charge in [-0.1, -0.05) is 16.8 Å². The molecule has 2 aliphatic heterocycles. The molecule has 1 saturated heterocycles. The Morgan fingerprint density at radius 2 is 2.29 bits per heavy atom. The molecule has 0 radical (unpaired) electrons. The molecule has 3 N–H and O–H groups in total. The molecule has 12 nitrogen and oxygen atoms in total. The van der Waals surface area contributed by atoms with Gasteiger partial charge in [0.15, 0.2) is 24.1 Å². The van der Waals surface area contributed by atoms with Gasteiger partial charge in [0.2, 0.25) is 11.5 Å². The first-order chi connectivity index (χ1) is 16.3. The number of nitrogen functional groups attached to an aromatic ring is 1. The molecule has 0 aromatic carbocycles. The van der Waals surface area contributed by atoms with Crippen LogP contribution >= 0.6 is 34.9 Å². The molecule has 2 aromatic rings. The Morgan fingerprint density at radius 1 is 1.50 bits per heavy atom. The van der Waals surface area contributed by atoms with Crippen molar-refractivity contribution in [3.63, 3.8) is 0 Å². The number of carbonyl (C=O) groups excluding carboxylic acids is 3. The molecule has 34 heavy (non-hydrogen) atoms. The van der Waals surface area contributed by atoms with Gasteiger partial charge in [0.05, 0.1) is 11.7 Å². The van der Waals surface area contributed by atoms with Crippen LogP contribution < -0.4 is 20.7 Å². The van der Waals surface area contributed by atoms with E-state index in [0.29, 0.717) is 16.3 Å². The molecule has 15 heteroatoms. The van der Waals surface area contributed by atoms with E-state index in [9.17, 15) is 19.5 Å². The van der Waals surface area contributed by atoms with Gasteiger partial charge in [-0.3, -0.25) is 14.5 Å². The van der Waals surface area contributed by atoms with Crippen molar-refractivity contribution < 1.29 is 28.9 Å². The molecule has 0 bridgehead atoms. The molecule has 178 valence electrons. The molecule has 0 spiro atoms. The Labute approximate surface area is 206 Å². The SMILES string of the molecule is CCO/N=C(\C(=O)NC1C(=O)N2C(C(=O)[O-])=C(C[n+]3cccc(Cl)c3)CS[C@H]12)c1nsc(N)n1. The van der Waals surface area contributed by atoms with Crippen molar-refractivity contribution in [2.75, 3.05) is 18.1 Å². The summed E-state index contributed by atoms with van der Waals surface area (Å²) in [5.74, 6) is -2.52. The van der Waals surface area contributed by atoms with E-state index in [1.165, 1.54) is 11.8 Å². The fourth-order valence-electron chi connectivity index (χ4n) is 3.46. The van der Waals surface area contributed by atoms with Crippen LogP contribution in [0.25, 0.3) is 0 Å². The van der Waals surface area contributed by atoms with Gasteiger partial charge >= 0.3 is 0 Å². The zero-order valence-electron chi connectivity index (χ0n) is 17.6. The summed E-state index contributed by atoms with van der Waals surface area (Å²) in [7, 11) is 0. The first-order valence-corrected chi connectivity index (χ1v) is 12.1. The van der Waals surface area contributed by atoms with E-state index in [1.807, 2.05) is 0 Å². The minimum absolute atomic E-state index is 0.0375. The highest BCUT2D eigenvalue weighted by molar-refractivity contribution is 8.00. The number of halogens is 1. The Kier molecular flexibility index (Phi) is 7.00. The number of carbonyl (C=O) groups is 3. The number of carboxylic acid groups (broad SMARTS) is 1. The Hall–Kier alpha value is -3.23. The van der Waals surface area contributed by atoms with Gasteiger partial charge in [0.1, 0.15) is 23.0 Å². The van der Waals surface area contributed by atoms with Crippen LogP contribution in [0.15, 0.2) is 41.0 Å². The molecule has 2 amide bonds. The Balaban J connectivity index is 1.53. The molecule has 2 aliphatic rings. The molecule has 4 rings (SSSR count). The third-order valence-corrected chi connectivity index (χ3v) is 6.98. The molecule has 1 fully saturated rings. The highest BCUT2D eigenvalue weighted by atomic mass is 35.5. The number of nitrogens with one attached hydrogen (secondary N) is 1. The molecule has 1 unspecified atom stereocenters. The van der Waals surface area contributed by atoms with Crippen molar-refractivity contribution in [1.82, 2.24) is 19.6 Å². The van der Waals surface area contributed by atoms with Crippen molar-refractivity contribution in [2.45, 2.75) is 24.9 Å². The lowest BCUT2D eigenvalue weighted by Gasteiger charge is -2.50. The number of fused-ring (bicyclic) bond motifs is 1. The number of thioether (sulfide) groups is 1. The predicted octanol–water partition coefficient (Wildman–Crippen LogP) is -1.09. The lowest BCUT2D eigenvalue weighted by Crippen LogP contribution is -2.71. The highest BCUT2D eigenvalue weighted by Crippen LogP contribution is 2.40. The lowest BCUT2D eigenvalue weighted by atomic mass is 10.0. The van der Waals surface area contributed by atoms with Crippen LogP contribution in [0.3, 0.4) is 0 Å². The number of amides is 2. The van der Waals surface area contributed by atoms with E-state index in [4.69, 9.17) is 22.2 Å². The maximum atomic E-state index is 12.9. The molecule has 2 aromatic heterocycles. The van der Waals surface area contributed by atoms with Crippen LogP contribution in [0.2, 0.25) is 5.02 Å². The largest absolute Gasteiger partial charge is 0.543 e. The number of aliphatic carboxylic acids is 1. The van der Waals surface area contributed by atoms with Gasteiger partial charge in [-0.15, -0.1) is 11.8 Å². The van der Waals surface area contributed by atoms with Gasteiger partial charge < -0.3 is 25.8 Å². The van der Waals surface area contributed by atoms with Crippen molar-refractivity contribution >= 4 is 63.5 Å². The Bertz CT molecular complexity index is 1220. The number of β-lactam (4-membered cyclic amide) rings is 1. The molecule has 0 saturated carbocycles. The van der Waals surface area contributed by atoms with Crippen molar-refractivity contribution in [3.05, 3.63) is 46.6 Å². The fourth-order valence-corrected chi connectivity index (χ4v) is 5.42. The van der Waals surface area contributed by atoms with Crippen LogP contribution in [0, 0.1) is 0 Å². The molecule has 4 heterocycles. The summed E-state index contributed by atoms with van der Waals surface area (Å²) in [5, 5.41) is 18.3. The van der Waals surface area contributed by atoms with Crippen molar-refractivity contribution in [2.24, 2.45) is 5.16 Å². The van der Waals surface area contributed by atoms with E-state index in [2.05, 4.69) is 19.8 Å². The van der Waals surface area contributed by atoms with Gasteiger partial charge in [-0.2, -0.15) is 13.9 Å². The minimum Gasteiger partial charge on any atom is -0.543 e. The average molecular weight is 524 g/mol. The van der Waals surface area contributed by atoms with Gasteiger partial charge in [0, 0.05) is 28.9 Å². The number of carboxylic acids is 1. The number of rotatable bonds is 8. The summed E-state index contributed by atoms with van der Waals surface area (Å²) >= 11 is 8.21. The number of pyridine rings is 1. The second-order valence-electron chi connectivity index (χ2n) is 7.11. The minimum atomic E-state index is -1.47. The zero-order valence-corrected chi connectivity index (χ0v) is 20.0. The average Bonchev–Trinajstić information content (AvgIpc) is 3.23. The van der Waals surface area contributed by atoms with E-state index in [-0.39, 0.29) is 35.5 Å². The second-order valence-corrected chi connectivity index (χ2v) is 9.43. The molecular weight excluding hydrogens is 506 g/mol. The number of aromatic nitrogens is 3. The summed E-state index contributed by atoms with van der Waals surface area (Å²) in [6.45, 7) is 2.09. The summed E-state index contributed by atoms with van der Waals surface area (Å²) < 4.78 is 5.68.